The molecule has 3 rings (SSSR count). The summed E-state index contributed by atoms with van der Waals surface area (Å²) in [5.41, 5.74) is 2.17. The van der Waals surface area contributed by atoms with Crippen LogP contribution >= 0.6 is 0 Å². The van der Waals surface area contributed by atoms with E-state index in [1.807, 2.05) is 41.5 Å². The molecule has 1 heterocycles. The van der Waals surface area contributed by atoms with Crippen LogP contribution in [0.3, 0.4) is 0 Å². The molecule has 0 spiro atoms. The number of carboxylic acid groups (broad SMARTS) is 2. The van der Waals surface area contributed by atoms with Crippen LogP contribution in [-0.4, -0.2) is 105 Å². The normalized spacial score (nSPS) is 16.2. The first-order chi connectivity index (χ1) is 28.6. The summed E-state index contributed by atoms with van der Waals surface area (Å²) in [6.45, 7) is 11.4. The number of nitrogens with one attached hydrogen (secondary N) is 4. The summed E-state index contributed by atoms with van der Waals surface area (Å²) in [5, 5.41) is 26.3. The van der Waals surface area contributed by atoms with Gasteiger partial charge in [0.15, 0.2) is 24.0 Å². The van der Waals surface area contributed by atoms with Crippen LogP contribution in [0.5, 0.6) is 5.75 Å². The summed E-state index contributed by atoms with van der Waals surface area (Å²) in [7, 11) is 0. The van der Waals surface area contributed by atoms with Gasteiger partial charge in [0.1, 0.15) is 24.7 Å². The molecule has 1 saturated heterocycles. The zero-order chi connectivity index (χ0) is 47.0. The van der Waals surface area contributed by atoms with E-state index in [9.17, 15) is 66.1 Å². The number of carboxylic acids is 2. The van der Waals surface area contributed by atoms with Gasteiger partial charge in [0.05, 0.1) is 6.42 Å². The number of hydrazine groups is 1. The summed E-state index contributed by atoms with van der Waals surface area (Å²) in [4.78, 5) is 106. The quantitative estimate of drug-likeness (QED) is 0.0657. The minimum Gasteiger partial charge on any atom is -0.481 e. The molecule has 17 nitrogen and oxygen atoms in total. The molecule has 1 aliphatic heterocycles. The van der Waals surface area contributed by atoms with E-state index in [2.05, 4.69) is 26.1 Å². The van der Waals surface area contributed by atoms with E-state index >= 15 is 0 Å². The first-order valence-electron chi connectivity index (χ1n) is 19.4. The van der Waals surface area contributed by atoms with E-state index in [0.29, 0.717) is 17.7 Å². The van der Waals surface area contributed by atoms with Crippen molar-refractivity contribution < 1.29 is 70.9 Å². The lowest BCUT2D eigenvalue weighted by molar-refractivity contribution is -0.154. The number of halogens is 4. The number of aliphatic carboxylic acids is 2. The van der Waals surface area contributed by atoms with Crippen LogP contribution in [-0.2, 0) is 43.8 Å². The van der Waals surface area contributed by atoms with Crippen molar-refractivity contribution in [1.29, 1.82) is 0 Å². The van der Waals surface area contributed by atoms with Crippen molar-refractivity contribution in [2.75, 3.05) is 25.0 Å². The van der Waals surface area contributed by atoms with E-state index in [1.54, 1.807) is 24.3 Å². The summed E-state index contributed by atoms with van der Waals surface area (Å²) in [6, 6.07) is 1.78. The number of hydrogen-bond donors (Lipinski definition) is 6. The van der Waals surface area contributed by atoms with Gasteiger partial charge in [-0.25, -0.2) is 13.8 Å². The number of amides is 6. The van der Waals surface area contributed by atoms with E-state index in [0.717, 1.165) is 4.90 Å². The standard InChI is InChI=1S/C41H52F4N6O11/c1-20(2)32(48-35(57)26(16-28(53)54)47-38(60)37(59)46-25-12-10-9-11-22(25)41(6,7)8)39(61)50-14-13-21(17-40(3,4)5)33(50)36(58)49-51(18-29(55)56)27(52)19-62-34-30(44)23(42)15-24(43)31(34)45/h9-12,15,20-21,26,32-33H,13-14,16-19H2,1-8H3,(H,46,59)(H,47,60)(H,48,57)(H,49,58)(H,53,54)(H,55,56)/t21-,26-,32-,33?/m1/s1. The van der Waals surface area contributed by atoms with Crippen LogP contribution in [0.1, 0.15) is 80.2 Å². The smallest absolute Gasteiger partial charge is 0.325 e. The second-order valence-corrected chi connectivity index (χ2v) is 17.3. The summed E-state index contributed by atoms with van der Waals surface area (Å²) >= 11 is 0. The topological polar surface area (TPSA) is 241 Å². The van der Waals surface area contributed by atoms with Crippen molar-refractivity contribution in [3.8, 4) is 5.75 Å². The third-order valence-corrected chi connectivity index (χ3v) is 9.62. The highest BCUT2D eigenvalue weighted by atomic mass is 19.2. The number of anilines is 1. The largest absolute Gasteiger partial charge is 0.481 e. The van der Waals surface area contributed by atoms with Gasteiger partial charge >= 0.3 is 23.8 Å². The fourth-order valence-electron chi connectivity index (χ4n) is 6.85. The Bertz CT molecular complexity index is 2040. The Morgan fingerprint density at radius 1 is 0.871 bits per heavy atom. The fourth-order valence-corrected chi connectivity index (χ4v) is 6.85. The van der Waals surface area contributed by atoms with E-state index in [4.69, 9.17) is 0 Å². The molecule has 1 fully saturated rings. The lowest BCUT2D eigenvalue weighted by Crippen LogP contribution is -2.61. The Hall–Kier alpha value is -6.28. The molecule has 0 aromatic heterocycles. The molecule has 2 aromatic carbocycles. The molecule has 340 valence electrons. The van der Waals surface area contributed by atoms with Crippen molar-refractivity contribution >= 4 is 53.1 Å². The Morgan fingerprint density at radius 3 is 2.00 bits per heavy atom. The zero-order valence-electron chi connectivity index (χ0n) is 35.5. The molecule has 1 unspecified atom stereocenters. The predicted molar refractivity (Wildman–Crippen MR) is 212 cm³/mol. The number of carbonyl (C=O) groups excluding carboxylic acids is 6. The van der Waals surface area contributed by atoms with Crippen LogP contribution in [0.25, 0.3) is 0 Å². The molecule has 21 heteroatoms. The van der Waals surface area contributed by atoms with Crippen molar-refractivity contribution in [1.82, 2.24) is 26.0 Å². The molecule has 0 radical (unpaired) electrons. The second-order valence-electron chi connectivity index (χ2n) is 17.3. The van der Waals surface area contributed by atoms with E-state index < -0.39 is 137 Å². The van der Waals surface area contributed by atoms with Crippen molar-refractivity contribution in [3.63, 3.8) is 0 Å². The Kier molecular flexibility index (Phi) is 16.6. The molecule has 0 bridgehead atoms. The lowest BCUT2D eigenvalue weighted by Gasteiger charge is -2.35. The molecule has 6 amide bonds. The van der Waals surface area contributed by atoms with Crippen LogP contribution in [0.4, 0.5) is 23.2 Å². The Morgan fingerprint density at radius 2 is 1.47 bits per heavy atom. The second kappa shape index (κ2) is 20.5. The maximum Gasteiger partial charge on any atom is 0.325 e. The SMILES string of the molecule is CC(C)[C@@H](NC(=O)[C@@H](CC(=O)O)NC(=O)C(=O)Nc1ccccc1C(C)(C)C)C(=O)N1CC[C@H](CC(C)(C)C)C1C(=O)NN(CC(=O)O)C(=O)COc1c(F)c(F)cc(F)c1F. The maximum absolute atomic E-state index is 14.4. The summed E-state index contributed by atoms with van der Waals surface area (Å²) < 4.78 is 60.5. The van der Waals surface area contributed by atoms with Crippen molar-refractivity contribution in [3.05, 3.63) is 59.2 Å². The average Bonchev–Trinajstić information content (AvgIpc) is 3.56. The number of carbonyl (C=O) groups is 8. The molecule has 0 saturated carbocycles. The number of para-hydroxylation sites is 1. The Labute approximate surface area is 354 Å². The minimum absolute atomic E-state index is 0.0953. The van der Waals surface area contributed by atoms with E-state index in [1.165, 1.54) is 13.8 Å². The zero-order valence-corrected chi connectivity index (χ0v) is 35.5. The van der Waals surface area contributed by atoms with Crippen LogP contribution in [0, 0.1) is 40.5 Å². The van der Waals surface area contributed by atoms with Gasteiger partial charge in [-0.1, -0.05) is 73.6 Å². The molecule has 62 heavy (non-hydrogen) atoms. The van der Waals surface area contributed by atoms with Gasteiger partial charge in [-0.3, -0.25) is 43.8 Å². The van der Waals surface area contributed by atoms with Gasteiger partial charge in [-0.15, -0.1) is 0 Å². The highest BCUT2D eigenvalue weighted by Gasteiger charge is 2.46. The number of rotatable bonds is 15. The first-order valence-corrected chi connectivity index (χ1v) is 19.4. The molecule has 6 N–H and O–H groups in total. The molecule has 4 atom stereocenters. The fraction of sp³-hybridized carbons (Fsp3) is 0.512. The van der Waals surface area contributed by atoms with Gasteiger partial charge in [0, 0.05) is 18.3 Å². The molecule has 0 aliphatic carbocycles. The molecular weight excluding hydrogens is 828 g/mol. The predicted octanol–water partition coefficient (Wildman–Crippen LogP) is 3.26. The van der Waals surface area contributed by atoms with Gasteiger partial charge in [-0.2, -0.15) is 8.78 Å². The van der Waals surface area contributed by atoms with Crippen molar-refractivity contribution in [2.24, 2.45) is 17.3 Å². The molecule has 2 aromatic rings. The van der Waals surface area contributed by atoms with Gasteiger partial charge in [0.2, 0.25) is 23.4 Å². The van der Waals surface area contributed by atoms with Gasteiger partial charge < -0.3 is 35.8 Å². The third kappa shape index (κ3) is 13.4. The monoisotopic (exact) mass is 880 g/mol. The molecule has 1 aliphatic rings. The molecular formula is C41H52F4N6O11. The first kappa shape index (κ1) is 50.1. The van der Waals surface area contributed by atoms with Crippen LogP contribution < -0.4 is 26.1 Å². The number of hydrogen-bond acceptors (Lipinski definition) is 9. The lowest BCUT2D eigenvalue weighted by atomic mass is 9.81. The Balaban J connectivity index is 1.88. The summed E-state index contributed by atoms with van der Waals surface area (Å²) in [5.74, 6) is -21.0. The number of ether oxygens (including phenoxy) is 1. The van der Waals surface area contributed by atoms with Crippen molar-refractivity contribution in [2.45, 2.75) is 98.2 Å². The van der Waals surface area contributed by atoms with Crippen LogP contribution in [0.15, 0.2) is 30.3 Å². The number of likely N-dealkylation sites (tertiary alicyclic amines) is 1. The van der Waals surface area contributed by atoms with Gasteiger partial charge in [0.25, 0.3) is 11.8 Å². The minimum atomic E-state index is -1.98. The number of benzene rings is 2. The number of nitrogens with zero attached hydrogens (tertiary/aromatic N) is 2. The third-order valence-electron chi connectivity index (χ3n) is 9.62. The van der Waals surface area contributed by atoms with Crippen LogP contribution in [0.2, 0.25) is 0 Å². The summed E-state index contributed by atoms with van der Waals surface area (Å²) in [6.07, 6.45) is -0.512. The highest BCUT2D eigenvalue weighted by Crippen LogP contribution is 2.36. The van der Waals surface area contributed by atoms with Gasteiger partial charge in [-0.05, 0) is 47.1 Å². The van der Waals surface area contributed by atoms with E-state index in [-0.39, 0.29) is 24.0 Å². The average molecular weight is 881 g/mol. The highest BCUT2D eigenvalue weighted by molar-refractivity contribution is 6.40. The maximum atomic E-state index is 14.4.